The lowest BCUT2D eigenvalue weighted by molar-refractivity contribution is 0.361. The Balaban J connectivity index is 3.14. The summed E-state index contributed by atoms with van der Waals surface area (Å²) in [5.74, 6) is 0. The molecule has 10 nitrogen and oxygen atoms in total. The Morgan fingerprint density at radius 3 is 2.25 bits per heavy atom. The average molecular weight is 248 g/mol. The monoisotopic (exact) mass is 248 g/mol. The van der Waals surface area contributed by atoms with E-state index in [0.717, 1.165) is 0 Å². The maximum Gasteiger partial charge on any atom is 0.439 e. The number of rotatable bonds is 1. The minimum atomic E-state index is -4.94. The summed E-state index contributed by atoms with van der Waals surface area (Å²) in [6, 6.07) is 0. The first-order chi connectivity index (χ1) is 7.30. The summed E-state index contributed by atoms with van der Waals surface area (Å²) in [6.07, 6.45) is 0. The molecule has 11 heteroatoms. The molecule has 0 radical (unpaired) electrons. The SMILES string of the molecule is O=c1[nH]c(=O)c2[nH]c(=O)n(P(=O)(O)O)c2[nH]1. The van der Waals surface area contributed by atoms with Crippen LogP contribution in [-0.2, 0) is 4.57 Å². The van der Waals surface area contributed by atoms with Crippen LogP contribution in [0.3, 0.4) is 0 Å². The normalized spacial score (nSPS) is 12.1. The van der Waals surface area contributed by atoms with Crippen LogP contribution in [0.5, 0.6) is 0 Å². The van der Waals surface area contributed by atoms with Crippen molar-refractivity contribution < 1.29 is 14.4 Å². The number of H-pyrrole nitrogens is 3. The van der Waals surface area contributed by atoms with E-state index in [1.807, 2.05) is 9.97 Å². The van der Waals surface area contributed by atoms with E-state index in [0.29, 0.717) is 0 Å². The van der Waals surface area contributed by atoms with Crippen molar-refractivity contribution in [2.45, 2.75) is 0 Å². The van der Waals surface area contributed by atoms with Gasteiger partial charge in [-0.3, -0.25) is 19.7 Å². The second-order valence-electron chi connectivity index (χ2n) is 2.89. The van der Waals surface area contributed by atoms with Crippen molar-refractivity contribution in [3.8, 4) is 0 Å². The Kier molecular flexibility index (Phi) is 2.02. The van der Waals surface area contributed by atoms with Gasteiger partial charge in [-0.25, -0.2) is 14.2 Å². The molecule has 0 aliphatic rings. The smallest absolute Gasteiger partial charge is 0.308 e. The summed E-state index contributed by atoms with van der Waals surface area (Å²) in [7, 11) is -4.94. The molecule has 5 N–H and O–H groups in total. The van der Waals surface area contributed by atoms with Gasteiger partial charge >= 0.3 is 19.1 Å². The molecule has 0 bridgehead atoms. The highest BCUT2D eigenvalue weighted by atomic mass is 31.2. The van der Waals surface area contributed by atoms with E-state index >= 15 is 0 Å². The molecule has 0 unspecified atom stereocenters. The van der Waals surface area contributed by atoms with Crippen LogP contribution in [0.2, 0.25) is 0 Å². The van der Waals surface area contributed by atoms with Gasteiger partial charge in [0.05, 0.1) is 0 Å². The van der Waals surface area contributed by atoms with Gasteiger partial charge in [0.25, 0.3) is 5.56 Å². The van der Waals surface area contributed by atoms with Gasteiger partial charge in [-0.05, 0) is 0 Å². The predicted octanol–water partition coefficient (Wildman–Crippen LogP) is -2.35. The Hall–Kier alpha value is -1.90. The number of imidazole rings is 1. The van der Waals surface area contributed by atoms with E-state index in [1.54, 1.807) is 4.98 Å². The van der Waals surface area contributed by atoms with E-state index < -0.39 is 35.8 Å². The standard InChI is InChI=1S/C5H5N4O6P/c10-3-1-2(7-4(11)8-3)9(5(12)6-1)16(13,14)15/h(H,6,12)(H2,13,14,15)(H2,7,8,10,11). The topological polar surface area (TPSA) is 161 Å². The maximum absolute atomic E-state index is 11.2. The number of fused-ring (bicyclic) bond motifs is 1. The molecular weight excluding hydrogens is 243 g/mol. The predicted molar refractivity (Wildman–Crippen MR) is 51.2 cm³/mol. The molecule has 0 spiro atoms. The quantitative estimate of drug-likeness (QED) is 0.355. The third kappa shape index (κ3) is 1.45. The van der Waals surface area contributed by atoms with Crippen LogP contribution in [0, 0.1) is 0 Å². The fourth-order valence-corrected chi connectivity index (χ4v) is 1.96. The molecule has 0 saturated carbocycles. The highest BCUT2D eigenvalue weighted by Gasteiger charge is 2.24. The number of nitrogens with zero attached hydrogens (tertiary/aromatic N) is 1. The van der Waals surface area contributed by atoms with Gasteiger partial charge in [0.2, 0.25) is 0 Å². The fraction of sp³-hybridized carbons (Fsp3) is 0. The minimum Gasteiger partial charge on any atom is -0.308 e. The van der Waals surface area contributed by atoms with Crippen molar-refractivity contribution in [1.82, 2.24) is 19.3 Å². The van der Waals surface area contributed by atoms with E-state index in [-0.39, 0.29) is 4.34 Å². The molecule has 0 fully saturated rings. The van der Waals surface area contributed by atoms with Crippen LogP contribution in [-0.4, -0.2) is 29.1 Å². The summed E-state index contributed by atoms with van der Waals surface area (Å²) in [5.41, 5.74) is -4.06. The van der Waals surface area contributed by atoms with E-state index in [1.165, 1.54) is 0 Å². The van der Waals surface area contributed by atoms with E-state index in [4.69, 9.17) is 9.79 Å². The molecule has 86 valence electrons. The molecule has 2 aromatic heterocycles. The van der Waals surface area contributed by atoms with Gasteiger partial charge < -0.3 is 9.79 Å². The van der Waals surface area contributed by atoms with Gasteiger partial charge in [0.1, 0.15) is 0 Å². The van der Waals surface area contributed by atoms with Crippen molar-refractivity contribution in [2.75, 3.05) is 0 Å². The lowest BCUT2D eigenvalue weighted by Crippen LogP contribution is -2.22. The molecule has 0 aromatic carbocycles. The summed E-state index contributed by atoms with van der Waals surface area (Å²) in [6.45, 7) is 0. The van der Waals surface area contributed by atoms with Crippen LogP contribution in [0.4, 0.5) is 0 Å². The van der Waals surface area contributed by atoms with Gasteiger partial charge in [-0.15, -0.1) is 0 Å². The van der Waals surface area contributed by atoms with Crippen LogP contribution in [0.15, 0.2) is 14.4 Å². The summed E-state index contributed by atoms with van der Waals surface area (Å²) in [4.78, 5) is 56.7. The van der Waals surface area contributed by atoms with Crippen molar-refractivity contribution in [3.05, 3.63) is 31.3 Å². The van der Waals surface area contributed by atoms with Gasteiger partial charge in [-0.1, -0.05) is 0 Å². The lowest BCUT2D eigenvalue weighted by Gasteiger charge is -2.02. The minimum absolute atomic E-state index is 0.0129. The Morgan fingerprint density at radius 1 is 1.06 bits per heavy atom. The zero-order chi connectivity index (χ0) is 12.1. The highest BCUT2D eigenvalue weighted by Crippen LogP contribution is 2.36. The summed E-state index contributed by atoms with van der Waals surface area (Å²) < 4.78 is 11.0. The third-order valence-electron chi connectivity index (χ3n) is 1.82. The molecule has 16 heavy (non-hydrogen) atoms. The first kappa shape index (κ1) is 10.6. The van der Waals surface area contributed by atoms with Crippen LogP contribution < -0.4 is 16.9 Å². The Morgan fingerprint density at radius 2 is 1.69 bits per heavy atom. The molecule has 0 aliphatic carbocycles. The number of hydrogen-bond donors (Lipinski definition) is 5. The summed E-state index contributed by atoms with van der Waals surface area (Å²) >= 11 is 0. The Bertz CT molecular complexity index is 771. The lowest BCUT2D eigenvalue weighted by atomic mass is 10.5. The summed E-state index contributed by atoms with van der Waals surface area (Å²) in [5, 5.41) is 0. The number of aromatic nitrogens is 4. The molecule has 0 atom stereocenters. The molecular formula is C5H5N4O6P. The zero-order valence-electron chi connectivity index (χ0n) is 7.42. The maximum atomic E-state index is 11.2. The van der Waals surface area contributed by atoms with Crippen molar-refractivity contribution in [3.63, 3.8) is 0 Å². The molecule has 0 aliphatic heterocycles. The van der Waals surface area contributed by atoms with E-state index in [2.05, 4.69) is 0 Å². The van der Waals surface area contributed by atoms with Crippen LogP contribution in [0.1, 0.15) is 0 Å². The van der Waals surface area contributed by atoms with Crippen LogP contribution >= 0.6 is 7.75 Å². The number of aromatic amines is 3. The molecule has 0 amide bonds. The highest BCUT2D eigenvalue weighted by molar-refractivity contribution is 7.50. The van der Waals surface area contributed by atoms with Gasteiger partial charge in [-0.2, -0.15) is 4.34 Å². The zero-order valence-corrected chi connectivity index (χ0v) is 8.32. The number of nitrogens with one attached hydrogen (secondary N) is 3. The first-order valence-corrected chi connectivity index (χ1v) is 5.41. The van der Waals surface area contributed by atoms with Gasteiger partial charge in [0.15, 0.2) is 11.2 Å². The molecule has 2 rings (SSSR count). The Labute approximate surface area is 84.8 Å². The average Bonchev–Trinajstić information content (AvgIpc) is 2.40. The molecule has 0 saturated heterocycles. The van der Waals surface area contributed by atoms with Crippen molar-refractivity contribution in [1.29, 1.82) is 0 Å². The van der Waals surface area contributed by atoms with Crippen LogP contribution in [0.25, 0.3) is 11.2 Å². The number of hydrogen-bond acceptors (Lipinski definition) is 4. The van der Waals surface area contributed by atoms with Crippen molar-refractivity contribution in [2.24, 2.45) is 0 Å². The second kappa shape index (κ2) is 3.04. The first-order valence-electron chi connectivity index (χ1n) is 3.84. The van der Waals surface area contributed by atoms with E-state index in [9.17, 15) is 18.9 Å². The third-order valence-corrected chi connectivity index (χ3v) is 2.72. The molecule has 2 heterocycles. The fourth-order valence-electron chi connectivity index (χ4n) is 1.26. The molecule has 2 aromatic rings. The van der Waals surface area contributed by atoms with Gasteiger partial charge in [0, 0.05) is 0 Å². The largest absolute Gasteiger partial charge is 0.439 e. The van der Waals surface area contributed by atoms with Crippen molar-refractivity contribution >= 4 is 18.9 Å². The second-order valence-corrected chi connectivity index (χ2v) is 4.31.